The molecule has 3 nitrogen and oxygen atoms in total. The predicted octanol–water partition coefficient (Wildman–Crippen LogP) is 3.81. The number of amides is 1. The smallest absolute Gasteiger partial charge is 0.223 e. The monoisotopic (exact) mass is 352 g/mol. The van der Waals surface area contributed by atoms with Crippen molar-refractivity contribution in [3.63, 3.8) is 0 Å². The van der Waals surface area contributed by atoms with Crippen molar-refractivity contribution in [3.8, 4) is 0 Å². The molecule has 2 aromatic carbocycles. The standard InChI is InChI=1S/C22H25FN2O/c1-24-21(26)15-20(18-5-3-2-4-6-18)22(24)11-13-25(14-12-22)16-17-7-9-19(23)10-8-17/h2-10,20H,11-16H2,1H3. The average Bonchev–Trinajstić information content (AvgIpc) is 2.91. The fraction of sp³-hybridized carbons (Fsp3) is 0.409. The molecule has 1 atom stereocenters. The van der Waals surface area contributed by atoms with E-state index in [1.807, 2.05) is 30.1 Å². The maximum atomic E-state index is 13.1. The number of piperidine rings is 1. The fourth-order valence-corrected chi connectivity index (χ4v) is 4.73. The van der Waals surface area contributed by atoms with Gasteiger partial charge in [-0.2, -0.15) is 0 Å². The van der Waals surface area contributed by atoms with E-state index in [1.165, 1.54) is 17.7 Å². The minimum atomic E-state index is -0.192. The van der Waals surface area contributed by atoms with Crippen molar-refractivity contribution in [3.05, 3.63) is 71.5 Å². The molecule has 26 heavy (non-hydrogen) atoms. The van der Waals surface area contributed by atoms with Crippen LogP contribution in [-0.2, 0) is 11.3 Å². The van der Waals surface area contributed by atoms with Gasteiger partial charge in [-0.15, -0.1) is 0 Å². The van der Waals surface area contributed by atoms with Crippen LogP contribution in [0.2, 0.25) is 0 Å². The molecule has 0 aromatic heterocycles. The molecular formula is C22H25FN2O. The number of carbonyl (C=O) groups is 1. The zero-order valence-electron chi connectivity index (χ0n) is 15.2. The molecule has 2 heterocycles. The van der Waals surface area contributed by atoms with Gasteiger partial charge in [-0.05, 0) is 36.1 Å². The molecule has 1 unspecified atom stereocenters. The van der Waals surface area contributed by atoms with Crippen molar-refractivity contribution in [2.75, 3.05) is 20.1 Å². The predicted molar refractivity (Wildman–Crippen MR) is 100 cm³/mol. The van der Waals surface area contributed by atoms with Gasteiger partial charge < -0.3 is 4.90 Å². The van der Waals surface area contributed by atoms with Gasteiger partial charge >= 0.3 is 0 Å². The number of hydrogen-bond acceptors (Lipinski definition) is 2. The lowest BCUT2D eigenvalue weighted by Crippen LogP contribution is -2.53. The summed E-state index contributed by atoms with van der Waals surface area (Å²) in [6.07, 6.45) is 2.57. The minimum absolute atomic E-state index is 0.0717. The summed E-state index contributed by atoms with van der Waals surface area (Å²) in [6, 6.07) is 17.2. The molecule has 0 saturated carbocycles. The van der Waals surface area contributed by atoms with Gasteiger partial charge in [0, 0.05) is 39.0 Å². The molecule has 2 aromatic rings. The number of benzene rings is 2. The molecule has 0 N–H and O–H groups in total. The molecular weight excluding hydrogens is 327 g/mol. The number of hydrogen-bond donors (Lipinski definition) is 0. The quantitative estimate of drug-likeness (QED) is 0.839. The Hall–Kier alpha value is -2.20. The largest absolute Gasteiger partial charge is 0.339 e. The summed E-state index contributed by atoms with van der Waals surface area (Å²) >= 11 is 0. The Bertz CT molecular complexity index is 766. The van der Waals surface area contributed by atoms with Crippen molar-refractivity contribution in [2.45, 2.75) is 37.3 Å². The van der Waals surface area contributed by atoms with Crippen LogP contribution in [-0.4, -0.2) is 41.4 Å². The molecule has 0 radical (unpaired) electrons. The van der Waals surface area contributed by atoms with Crippen molar-refractivity contribution in [2.24, 2.45) is 0 Å². The molecule has 1 spiro atoms. The Balaban J connectivity index is 1.50. The Morgan fingerprint density at radius 1 is 1.04 bits per heavy atom. The Labute approximate surface area is 154 Å². The third-order valence-corrected chi connectivity index (χ3v) is 6.31. The summed E-state index contributed by atoms with van der Waals surface area (Å²) in [5, 5.41) is 0. The van der Waals surface area contributed by atoms with Crippen LogP contribution >= 0.6 is 0 Å². The lowest BCUT2D eigenvalue weighted by molar-refractivity contribution is -0.130. The van der Waals surface area contributed by atoms with Crippen LogP contribution in [0.15, 0.2) is 54.6 Å². The van der Waals surface area contributed by atoms with E-state index in [-0.39, 0.29) is 23.2 Å². The van der Waals surface area contributed by atoms with E-state index in [0.717, 1.165) is 38.0 Å². The van der Waals surface area contributed by atoms with Crippen LogP contribution in [0.3, 0.4) is 0 Å². The maximum absolute atomic E-state index is 13.1. The number of carbonyl (C=O) groups excluding carboxylic acids is 1. The highest BCUT2D eigenvalue weighted by atomic mass is 19.1. The molecule has 2 fully saturated rings. The number of rotatable bonds is 3. The summed E-state index contributed by atoms with van der Waals surface area (Å²) in [5.74, 6) is 0.336. The van der Waals surface area contributed by atoms with E-state index in [0.29, 0.717) is 6.42 Å². The first-order valence-corrected chi connectivity index (χ1v) is 9.37. The van der Waals surface area contributed by atoms with Crippen LogP contribution in [0.1, 0.15) is 36.3 Å². The fourth-order valence-electron chi connectivity index (χ4n) is 4.73. The zero-order chi connectivity index (χ0) is 18.1. The van der Waals surface area contributed by atoms with Gasteiger partial charge in [-0.3, -0.25) is 9.69 Å². The summed E-state index contributed by atoms with van der Waals surface area (Å²) in [4.78, 5) is 16.9. The third-order valence-electron chi connectivity index (χ3n) is 6.31. The van der Waals surface area contributed by atoms with Gasteiger partial charge in [-0.1, -0.05) is 42.5 Å². The molecule has 0 bridgehead atoms. The number of likely N-dealkylation sites (tertiary alicyclic amines) is 2. The number of nitrogens with zero attached hydrogens (tertiary/aromatic N) is 2. The molecule has 2 aliphatic heterocycles. The second kappa shape index (κ2) is 6.84. The number of likely N-dealkylation sites (N-methyl/N-ethyl adjacent to an activating group) is 1. The van der Waals surface area contributed by atoms with Gasteiger partial charge in [0.15, 0.2) is 0 Å². The zero-order valence-corrected chi connectivity index (χ0v) is 15.2. The third kappa shape index (κ3) is 3.03. The molecule has 136 valence electrons. The van der Waals surface area contributed by atoms with Crippen molar-refractivity contribution in [1.29, 1.82) is 0 Å². The molecule has 2 aliphatic rings. The Morgan fingerprint density at radius 3 is 2.35 bits per heavy atom. The van der Waals surface area contributed by atoms with Crippen LogP contribution in [0.5, 0.6) is 0 Å². The normalized spacial score (nSPS) is 22.9. The summed E-state index contributed by atoms with van der Waals surface area (Å²) < 4.78 is 13.1. The maximum Gasteiger partial charge on any atom is 0.223 e. The average molecular weight is 352 g/mol. The van der Waals surface area contributed by atoms with Crippen molar-refractivity contribution < 1.29 is 9.18 Å². The highest BCUT2D eigenvalue weighted by Gasteiger charge is 2.52. The Morgan fingerprint density at radius 2 is 1.69 bits per heavy atom. The minimum Gasteiger partial charge on any atom is -0.339 e. The lowest BCUT2D eigenvalue weighted by atomic mass is 9.73. The van der Waals surface area contributed by atoms with Crippen LogP contribution in [0, 0.1) is 5.82 Å². The topological polar surface area (TPSA) is 23.6 Å². The van der Waals surface area contributed by atoms with Crippen molar-refractivity contribution >= 4 is 5.91 Å². The van der Waals surface area contributed by atoms with Crippen LogP contribution in [0.25, 0.3) is 0 Å². The van der Waals surface area contributed by atoms with Crippen LogP contribution in [0.4, 0.5) is 4.39 Å². The van der Waals surface area contributed by atoms with Gasteiger partial charge in [0.2, 0.25) is 5.91 Å². The molecule has 2 saturated heterocycles. The number of halogens is 1. The van der Waals surface area contributed by atoms with Gasteiger partial charge in [0.25, 0.3) is 0 Å². The second-order valence-electron chi connectivity index (χ2n) is 7.63. The highest BCUT2D eigenvalue weighted by Crippen LogP contribution is 2.48. The molecule has 4 rings (SSSR count). The Kier molecular flexibility index (Phi) is 4.53. The van der Waals surface area contributed by atoms with Crippen molar-refractivity contribution in [1.82, 2.24) is 9.80 Å². The first kappa shape index (κ1) is 17.2. The van der Waals surface area contributed by atoms with E-state index in [2.05, 4.69) is 29.2 Å². The van der Waals surface area contributed by atoms with E-state index < -0.39 is 0 Å². The van der Waals surface area contributed by atoms with Gasteiger partial charge in [-0.25, -0.2) is 4.39 Å². The first-order chi connectivity index (χ1) is 12.6. The van der Waals surface area contributed by atoms with Crippen LogP contribution < -0.4 is 0 Å². The van der Waals surface area contributed by atoms with E-state index >= 15 is 0 Å². The highest BCUT2D eigenvalue weighted by molar-refractivity contribution is 5.81. The molecule has 0 aliphatic carbocycles. The first-order valence-electron chi connectivity index (χ1n) is 9.37. The molecule has 4 heteroatoms. The van der Waals surface area contributed by atoms with E-state index in [4.69, 9.17) is 0 Å². The lowest BCUT2D eigenvalue weighted by Gasteiger charge is -2.47. The summed E-state index contributed by atoms with van der Waals surface area (Å²) in [5.41, 5.74) is 2.34. The van der Waals surface area contributed by atoms with E-state index in [1.54, 1.807) is 0 Å². The van der Waals surface area contributed by atoms with Gasteiger partial charge in [0.05, 0.1) is 5.54 Å². The van der Waals surface area contributed by atoms with Gasteiger partial charge in [0.1, 0.15) is 5.82 Å². The molecule has 1 amide bonds. The van der Waals surface area contributed by atoms with E-state index in [9.17, 15) is 9.18 Å². The summed E-state index contributed by atoms with van der Waals surface area (Å²) in [6.45, 7) is 2.75. The summed E-state index contributed by atoms with van der Waals surface area (Å²) in [7, 11) is 1.97. The second-order valence-corrected chi connectivity index (χ2v) is 7.63. The SMILES string of the molecule is CN1C(=O)CC(c2ccccc2)C12CCN(Cc1ccc(F)cc1)CC2.